The summed E-state index contributed by atoms with van der Waals surface area (Å²) in [5.41, 5.74) is 1.48. The van der Waals surface area contributed by atoms with Crippen molar-refractivity contribution in [3.8, 4) is 11.8 Å². The lowest BCUT2D eigenvalue weighted by atomic mass is 9.73. The lowest BCUT2D eigenvalue weighted by molar-refractivity contribution is -0.0184. The van der Waals surface area contributed by atoms with Gasteiger partial charge in [-0.2, -0.15) is 0 Å². The Morgan fingerprint density at radius 2 is 2.00 bits per heavy atom. The average molecular weight is 312 g/mol. The standard InChI is InChI=1S/C18H20N2O3/c1-18(2,3)13-11-20(17(21)22)16-15(13)14(19-23-16)10-9-12-7-5-4-6-8-12/h4-8,13,15-16H,11H2,1-3H3,(H,21,22). The highest BCUT2D eigenvalue weighted by atomic mass is 16.7. The summed E-state index contributed by atoms with van der Waals surface area (Å²) in [4.78, 5) is 18.2. The molecule has 3 atom stereocenters. The van der Waals surface area contributed by atoms with Gasteiger partial charge >= 0.3 is 6.09 Å². The van der Waals surface area contributed by atoms with Gasteiger partial charge in [-0.15, -0.1) is 0 Å². The van der Waals surface area contributed by atoms with E-state index in [2.05, 4.69) is 37.8 Å². The van der Waals surface area contributed by atoms with E-state index >= 15 is 0 Å². The van der Waals surface area contributed by atoms with Gasteiger partial charge in [-0.05, 0) is 29.4 Å². The summed E-state index contributed by atoms with van der Waals surface area (Å²) in [7, 11) is 0. The van der Waals surface area contributed by atoms with Crippen molar-refractivity contribution in [2.75, 3.05) is 6.54 Å². The van der Waals surface area contributed by atoms with Crippen LogP contribution >= 0.6 is 0 Å². The smallest absolute Gasteiger partial charge is 0.410 e. The molecule has 120 valence electrons. The maximum Gasteiger partial charge on any atom is 0.410 e. The number of hydrogen-bond acceptors (Lipinski definition) is 3. The van der Waals surface area contributed by atoms with E-state index in [1.165, 1.54) is 4.90 Å². The molecular formula is C18H20N2O3. The summed E-state index contributed by atoms with van der Waals surface area (Å²) in [6.07, 6.45) is -1.53. The molecule has 1 amide bonds. The van der Waals surface area contributed by atoms with Crippen LogP contribution in [0.1, 0.15) is 26.3 Å². The van der Waals surface area contributed by atoms with Gasteiger partial charge in [0.2, 0.25) is 6.23 Å². The van der Waals surface area contributed by atoms with E-state index in [-0.39, 0.29) is 17.3 Å². The van der Waals surface area contributed by atoms with Crippen LogP contribution in [0.25, 0.3) is 0 Å². The zero-order chi connectivity index (χ0) is 16.6. The molecule has 2 aliphatic rings. The number of carboxylic acid groups (broad SMARTS) is 1. The predicted molar refractivity (Wildman–Crippen MR) is 86.8 cm³/mol. The molecule has 1 N–H and O–H groups in total. The first kappa shape index (κ1) is 15.4. The molecule has 23 heavy (non-hydrogen) atoms. The molecule has 0 bridgehead atoms. The monoisotopic (exact) mass is 312 g/mol. The maximum absolute atomic E-state index is 11.5. The van der Waals surface area contributed by atoms with Gasteiger partial charge in [-0.3, -0.25) is 4.90 Å². The van der Waals surface area contributed by atoms with Gasteiger partial charge in [-0.25, -0.2) is 4.79 Å². The molecule has 1 aromatic carbocycles. The van der Waals surface area contributed by atoms with Crippen molar-refractivity contribution in [2.45, 2.75) is 27.0 Å². The lowest BCUT2D eigenvalue weighted by Gasteiger charge is -2.29. The van der Waals surface area contributed by atoms with Crippen LogP contribution in [0.2, 0.25) is 0 Å². The number of likely N-dealkylation sites (tertiary alicyclic amines) is 1. The average Bonchev–Trinajstić information content (AvgIpc) is 3.05. The summed E-state index contributed by atoms with van der Waals surface area (Å²) >= 11 is 0. The zero-order valence-corrected chi connectivity index (χ0v) is 13.5. The third kappa shape index (κ3) is 2.89. The molecular weight excluding hydrogens is 292 g/mol. The molecule has 2 heterocycles. The topological polar surface area (TPSA) is 62.1 Å². The highest BCUT2D eigenvalue weighted by Crippen LogP contribution is 2.44. The molecule has 2 aliphatic heterocycles. The molecule has 0 aromatic heterocycles. The van der Waals surface area contributed by atoms with E-state index < -0.39 is 12.3 Å². The third-order valence-corrected chi connectivity index (χ3v) is 4.48. The molecule has 5 heteroatoms. The quantitative estimate of drug-likeness (QED) is 0.749. The molecule has 3 rings (SSSR count). The summed E-state index contributed by atoms with van der Waals surface area (Å²) in [5.74, 6) is 6.19. The Balaban J connectivity index is 1.89. The van der Waals surface area contributed by atoms with Gasteiger partial charge in [0.05, 0.1) is 5.92 Å². The highest BCUT2D eigenvalue weighted by molar-refractivity contribution is 6.04. The maximum atomic E-state index is 11.5. The van der Waals surface area contributed by atoms with E-state index in [9.17, 15) is 9.90 Å². The number of fused-ring (bicyclic) bond motifs is 1. The van der Waals surface area contributed by atoms with E-state index in [1.807, 2.05) is 30.3 Å². The minimum atomic E-state index is -0.973. The van der Waals surface area contributed by atoms with Crippen molar-refractivity contribution in [1.29, 1.82) is 0 Å². The molecule has 1 fully saturated rings. The first-order chi connectivity index (χ1) is 10.9. The van der Waals surface area contributed by atoms with Crippen LogP contribution in [-0.2, 0) is 4.84 Å². The number of rotatable bonds is 0. The zero-order valence-electron chi connectivity index (χ0n) is 13.5. The molecule has 0 saturated carbocycles. The fourth-order valence-electron chi connectivity index (χ4n) is 3.21. The predicted octanol–water partition coefficient (Wildman–Crippen LogP) is 3.02. The van der Waals surface area contributed by atoms with Crippen molar-refractivity contribution in [3.63, 3.8) is 0 Å². The van der Waals surface area contributed by atoms with Gasteiger partial charge in [0.25, 0.3) is 0 Å². The van der Waals surface area contributed by atoms with Crippen molar-refractivity contribution in [1.82, 2.24) is 4.90 Å². The van der Waals surface area contributed by atoms with Crippen LogP contribution in [-0.4, -0.2) is 34.6 Å². The molecule has 0 spiro atoms. The Bertz CT molecular complexity index is 694. The van der Waals surface area contributed by atoms with Crippen LogP contribution in [0.15, 0.2) is 35.5 Å². The first-order valence-electron chi connectivity index (χ1n) is 7.68. The van der Waals surface area contributed by atoms with Crippen LogP contribution in [0, 0.1) is 29.1 Å². The van der Waals surface area contributed by atoms with Gasteiger partial charge in [0.1, 0.15) is 5.71 Å². The Hall–Kier alpha value is -2.48. The number of hydrogen-bond donors (Lipinski definition) is 1. The Kier molecular flexibility index (Phi) is 3.77. The van der Waals surface area contributed by atoms with Crippen LogP contribution in [0.4, 0.5) is 4.79 Å². The number of amides is 1. The van der Waals surface area contributed by atoms with Gasteiger partial charge in [0, 0.05) is 12.1 Å². The molecule has 1 aromatic rings. The fraction of sp³-hybridized carbons (Fsp3) is 0.444. The third-order valence-electron chi connectivity index (χ3n) is 4.48. The Morgan fingerprint density at radius 3 is 2.61 bits per heavy atom. The van der Waals surface area contributed by atoms with Crippen molar-refractivity contribution in [2.24, 2.45) is 22.4 Å². The molecule has 3 unspecified atom stereocenters. The number of carbonyl (C=O) groups is 1. The van der Waals surface area contributed by atoms with E-state index in [1.54, 1.807) is 0 Å². The lowest BCUT2D eigenvalue weighted by Crippen LogP contribution is -2.36. The normalized spacial score (nSPS) is 26.0. The van der Waals surface area contributed by atoms with Crippen molar-refractivity contribution in [3.05, 3.63) is 35.9 Å². The van der Waals surface area contributed by atoms with E-state index in [0.29, 0.717) is 12.3 Å². The number of nitrogens with zero attached hydrogens (tertiary/aromatic N) is 2. The minimum absolute atomic E-state index is 0.0595. The van der Waals surface area contributed by atoms with E-state index in [4.69, 9.17) is 4.84 Å². The molecule has 0 radical (unpaired) electrons. The van der Waals surface area contributed by atoms with Crippen LogP contribution in [0.5, 0.6) is 0 Å². The second-order valence-electron chi connectivity index (χ2n) is 7.02. The van der Waals surface area contributed by atoms with Gasteiger partial charge in [0.15, 0.2) is 0 Å². The largest absolute Gasteiger partial charge is 0.465 e. The number of oxime groups is 1. The van der Waals surface area contributed by atoms with Crippen LogP contribution < -0.4 is 0 Å². The van der Waals surface area contributed by atoms with Gasteiger partial charge in [-0.1, -0.05) is 50.0 Å². The van der Waals surface area contributed by atoms with Gasteiger partial charge < -0.3 is 9.94 Å². The fourth-order valence-corrected chi connectivity index (χ4v) is 3.21. The minimum Gasteiger partial charge on any atom is -0.465 e. The Morgan fingerprint density at radius 1 is 1.30 bits per heavy atom. The summed E-state index contributed by atoms with van der Waals surface area (Å²) in [6, 6.07) is 9.66. The number of benzene rings is 1. The summed E-state index contributed by atoms with van der Waals surface area (Å²) in [5, 5.41) is 13.5. The summed E-state index contributed by atoms with van der Waals surface area (Å²) in [6.45, 7) is 6.78. The van der Waals surface area contributed by atoms with Crippen molar-refractivity contribution < 1.29 is 14.7 Å². The summed E-state index contributed by atoms with van der Waals surface area (Å²) < 4.78 is 0. The molecule has 0 aliphatic carbocycles. The molecule has 1 saturated heterocycles. The molecule has 5 nitrogen and oxygen atoms in total. The second-order valence-corrected chi connectivity index (χ2v) is 7.02. The van der Waals surface area contributed by atoms with E-state index in [0.717, 1.165) is 5.56 Å². The van der Waals surface area contributed by atoms with Crippen LogP contribution in [0.3, 0.4) is 0 Å². The first-order valence-corrected chi connectivity index (χ1v) is 7.68. The SMILES string of the molecule is CC(C)(C)C1CN(C(=O)O)C2ON=C(C#Cc3ccccc3)C21. The second kappa shape index (κ2) is 5.62. The Labute approximate surface area is 135 Å². The highest BCUT2D eigenvalue weighted by Gasteiger charge is 2.54. The van der Waals surface area contributed by atoms with Crippen molar-refractivity contribution >= 4 is 11.8 Å².